The Hall–Kier alpha value is -3.42. The zero-order valence-corrected chi connectivity index (χ0v) is 19.1. The van der Waals surface area contributed by atoms with Crippen molar-refractivity contribution in [2.24, 2.45) is 10.9 Å². The largest absolute Gasteiger partial charge is 0.488 e. The summed E-state index contributed by atoms with van der Waals surface area (Å²) in [5.41, 5.74) is 2.73. The molecular weight excluding hydrogens is 420 g/mol. The average molecular weight is 451 g/mol. The molecule has 1 fully saturated rings. The van der Waals surface area contributed by atoms with Gasteiger partial charge >= 0.3 is 0 Å². The standard InChI is InChI=1S/C25H30N4O4/c1-16-12-17(13-27-16)15-32-19-8-9-20(28-14-19)21-10-11-22(33-21)24(30)29-23(25(31)26-2)18-6-4-3-5-7-18/h8-12,14,18,23H,3-7,13,15H2,1-2H3,(H,26,31)(H,29,30)/t23-/m0/s1. The molecule has 2 aliphatic rings. The Balaban J connectivity index is 1.37. The number of amides is 2. The van der Waals surface area contributed by atoms with Crippen LogP contribution in [0.1, 0.15) is 49.6 Å². The fourth-order valence-electron chi connectivity index (χ4n) is 4.32. The fraction of sp³-hybridized carbons (Fsp3) is 0.440. The molecule has 2 aromatic rings. The van der Waals surface area contributed by atoms with Crippen molar-refractivity contribution in [3.63, 3.8) is 0 Å². The van der Waals surface area contributed by atoms with Crippen LogP contribution in [0, 0.1) is 5.92 Å². The Bertz CT molecular complexity index is 1050. The molecule has 0 spiro atoms. The van der Waals surface area contributed by atoms with E-state index < -0.39 is 11.9 Å². The molecule has 174 valence electrons. The molecular formula is C25H30N4O4. The quantitative estimate of drug-likeness (QED) is 0.640. The van der Waals surface area contributed by atoms with Crippen molar-refractivity contribution in [1.82, 2.24) is 15.6 Å². The summed E-state index contributed by atoms with van der Waals surface area (Å²) >= 11 is 0. The van der Waals surface area contributed by atoms with Gasteiger partial charge in [0, 0.05) is 12.8 Å². The van der Waals surface area contributed by atoms with Gasteiger partial charge in [-0.1, -0.05) is 19.3 Å². The molecule has 8 heteroatoms. The number of hydrogen-bond acceptors (Lipinski definition) is 6. The average Bonchev–Trinajstić information content (AvgIpc) is 3.51. The van der Waals surface area contributed by atoms with Crippen LogP contribution in [0.2, 0.25) is 0 Å². The summed E-state index contributed by atoms with van der Waals surface area (Å²) in [6.07, 6.45) is 8.86. The molecule has 33 heavy (non-hydrogen) atoms. The summed E-state index contributed by atoms with van der Waals surface area (Å²) in [6, 6.07) is 6.36. The van der Waals surface area contributed by atoms with E-state index in [-0.39, 0.29) is 17.6 Å². The van der Waals surface area contributed by atoms with Crippen LogP contribution in [0.4, 0.5) is 0 Å². The Kier molecular flexibility index (Phi) is 7.22. The number of carbonyl (C=O) groups excluding carboxylic acids is 2. The highest BCUT2D eigenvalue weighted by Gasteiger charge is 2.31. The molecule has 1 aliphatic heterocycles. The molecule has 0 radical (unpaired) electrons. The van der Waals surface area contributed by atoms with Crippen molar-refractivity contribution in [1.29, 1.82) is 0 Å². The van der Waals surface area contributed by atoms with E-state index in [0.717, 1.165) is 37.0 Å². The smallest absolute Gasteiger partial charge is 0.287 e. The third-order valence-electron chi connectivity index (χ3n) is 6.12. The van der Waals surface area contributed by atoms with Crippen LogP contribution in [-0.2, 0) is 4.79 Å². The minimum atomic E-state index is -0.560. The highest BCUT2D eigenvalue weighted by atomic mass is 16.5. The van der Waals surface area contributed by atoms with Crippen LogP contribution < -0.4 is 15.4 Å². The van der Waals surface area contributed by atoms with Gasteiger partial charge in [-0.25, -0.2) is 4.98 Å². The third-order valence-corrected chi connectivity index (χ3v) is 6.12. The first-order valence-corrected chi connectivity index (χ1v) is 11.5. The minimum Gasteiger partial charge on any atom is -0.488 e. The third kappa shape index (κ3) is 5.69. The van der Waals surface area contributed by atoms with Crippen molar-refractivity contribution in [2.75, 3.05) is 20.2 Å². The maximum atomic E-state index is 12.8. The second kappa shape index (κ2) is 10.5. The molecule has 0 bridgehead atoms. The van der Waals surface area contributed by atoms with Crippen molar-refractivity contribution in [3.05, 3.63) is 47.9 Å². The summed E-state index contributed by atoms with van der Waals surface area (Å²) < 4.78 is 11.5. The lowest BCUT2D eigenvalue weighted by molar-refractivity contribution is -0.124. The number of nitrogens with one attached hydrogen (secondary N) is 2. The van der Waals surface area contributed by atoms with E-state index in [1.807, 2.05) is 19.1 Å². The number of nitrogens with zero attached hydrogens (tertiary/aromatic N) is 2. The van der Waals surface area contributed by atoms with Crippen molar-refractivity contribution in [3.8, 4) is 17.2 Å². The number of pyridine rings is 1. The molecule has 0 aromatic carbocycles. The topological polar surface area (TPSA) is 106 Å². The van der Waals surface area contributed by atoms with Gasteiger partial charge in [0.1, 0.15) is 24.1 Å². The zero-order valence-electron chi connectivity index (χ0n) is 19.1. The van der Waals surface area contributed by atoms with Crippen molar-refractivity contribution < 1.29 is 18.7 Å². The number of carbonyl (C=O) groups is 2. The predicted molar refractivity (Wildman–Crippen MR) is 125 cm³/mol. The first-order chi connectivity index (χ1) is 16.0. The lowest BCUT2D eigenvalue weighted by atomic mass is 9.83. The second-order valence-electron chi connectivity index (χ2n) is 8.56. The molecule has 2 amide bonds. The molecule has 2 aromatic heterocycles. The van der Waals surface area contributed by atoms with Crippen LogP contribution in [0.25, 0.3) is 11.5 Å². The Morgan fingerprint density at radius 2 is 2.00 bits per heavy atom. The van der Waals surface area contributed by atoms with E-state index in [1.165, 1.54) is 6.42 Å². The van der Waals surface area contributed by atoms with Gasteiger partial charge in [0.25, 0.3) is 5.91 Å². The molecule has 4 rings (SSSR count). The number of allylic oxidation sites excluding steroid dienone is 1. The van der Waals surface area contributed by atoms with Crippen molar-refractivity contribution in [2.45, 2.75) is 45.1 Å². The second-order valence-corrected chi connectivity index (χ2v) is 8.56. The first-order valence-electron chi connectivity index (χ1n) is 11.5. The van der Waals surface area contributed by atoms with E-state index in [2.05, 4.69) is 20.6 Å². The van der Waals surface area contributed by atoms with E-state index >= 15 is 0 Å². The lowest BCUT2D eigenvalue weighted by Gasteiger charge is -2.29. The minimum absolute atomic E-state index is 0.141. The number of hydrogen-bond donors (Lipinski definition) is 2. The van der Waals surface area contributed by atoms with Gasteiger partial charge in [0.15, 0.2) is 11.5 Å². The molecule has 2 N–H and O–H groups in total. The zero-order chi connectivity index (χ0) is 23.2. The van der Waals surface area contributed by atoms with Gasteiger partial charge in [-0.15, -0.1) is 0 Å². The highest BCUT2D eigenvalue weighted by molar-refractivity contribution is 5.96. The van der Waals surface area contributed by atoms with Crippen LogP contribution in [0.15, 0.2) is 51.5 Å². The van der Waals surface area contributed by atoms with E-state index in [0.29, 0.717) is 30.4 Å². The van der Waals surface area contributed by atoms with E-state index in [9.17, 15) is 9.59 Å². The summed E-state index contributed by atoms with van der Waals surface area (Å²) in [4.78, 5) is 33.9. The highest BCUT2D eigenvalue weighted by Crippen LogP contribution is 2.27. The summed E-state index contributed by atoms with van der Waals surface area (Å²) in [5, 5.41) is 5.54. The van der Waals surface area contributed by atoms with E-state index in [4.69, 9.17) is 9.15 Å². The van der Waals surface area contributed by atoms with Gasteiger partial charge in [0.2, 0.25) is 5.91 Å². The van der Waals surface area contributed by atoms with Crippen molar-refractivity contribution >= 4 is 17.5 Å². The monoisotopic (exact) mass is 450 g/mol. The number of aliphatic imine (C=N–C) groups is 1. The first kappa shape index (κ1) is 22.8. The SMILES string of the molecule is CNC(=O)[C@@H](NC(=O)c1ccc(-c2ccc(OCC3=CC(C)=NC3)cn2)o1)C1CCCCC1. The summed E-state index contributed by atoms with van der Waals surface area (Å²) in [6.45, 7) is 3.12. The maximum absolute atomic E-state index is 12.8. The molecule has 1 atom stereocenters. The summed E-state index contributed by atoms with van der Waals surface area (Å²) in [7, 11) is 1.59. The number of furan rings is 1. The van der Waals surface area contributed by atoms with Crippen LogP contribution in [0.5, 0.6) is 5.75 Å². The predicted octanol–water partition coefficient (Wildman–Crippen LogP) is 3.55. The molecule has 3 heterocycles. The fourth-order valence-corrected chi connectivity index (χ4v) is 4.32. The van der Waals surface area contributed by atoms with Gasteiger partial charge in [-0.3, -0.25) is 14.6 Å². The Labute approximate surface area is 193 Å². The van der Waals surface area contributed by atoms with Crippen LogP contribution in [-0.4, -0.2) is 48.8 Å². The van der Waals surface area contributed by atoms with Gasteiger partial charge in [-0.05, 0) is 61.6 Å². The molecule has 1 aliphatic carbocycles. The van der Waals surface area contributed by atoms with Crippen LogP contribution >= 0.6 is 0 Å². The number of ether oxygens (including phenoxy) is 1. The molecule has 8 nitrogen and oxygen atoms in total. The van der Waals surface area contributed by atoms with Crippen LogP contribution in [0.3, 0.4) is 0 Å². The Morgan fingerprint density at radius 3 is 2.67 bits per heavy atom. The van der Waals surface area contributed by atoms with E-state index in [1.54, 1.807) is 31.4 Å². The summed E-state index contributed by atoms with van der Waals surface area (Å²) in [5.74, 6) is 0.845. The normalized spacial score (nSPS) is 17.2. The van der Waals surface area contributed by atoms with Gasteiger partial charge in [0.05, 0.1) is 12.7 Å². The number of likely N-dealkylation sites (N-methyl/N-ethyl adjacent to an activating group) is 1. The number of rotatable bonds is 8. The molecule has 0 saturated heterocycles. The Morgan fingerprint density at radius 1 is 1.18 bits per heavy atom. The lowest BCUT2D eigenvalue weighted by Crippen LogP contribution is -2.50. The number of aromatic nitrogens is 1. The molecule has 1 saturated carbocycles. The maximum Gasteiger partial charge on any atom is 0.287 e. The van der Waals surface area contributed by atoms with Gasteiger partial charge < -0.3 is 19.8 Å². The molecule has 0 unspecified atom stereocenters. The van der Waals surface area contributed by atoms with Gasteiger partial charge in [-0.2, -0.15) is 0 Å².